The molecule has 0 radical (unpaired) electrons. The number of amides is 2. The number of hydrogen-bond donors (Lipinski definition) is 2. The first-order valence-corrected chi connectivity index (χ1v) is 6.83. The number of rotatable bonds is 4. The molecule has 0 spiro atoms. The lowest BCUT2D eigenvalue weighted by molar-refractivity contribution is -0.142. The third-order valence-corrected chi connectivity index (χ3v) is 4.39. The van der Waals surface area contributed by atoms with Gasteiger partial charge in [-0.1, -0.05) is 20.3 Å². The van der Waals surface area contributed by atoms with Crippen molar-refractivity contribution < 1.29 is 14.7 Å². The van der Waals surface area contributed by atoms with Crippen molar-refractivity contribution >= 4 is 12.0 Å². The van der Waals surface area contributed by atoms with E-state index in [1.165, 1.54) is 0 Å². The van der Waals surface area contributed by atoms with Gasteiger partial charge < -0.3 is 15.3 Å². The van der Waals surface area contributed by atoms with Gasteiger partial charge in [-0.25, -0.2) is 4.79 Å². The maximum atomic E-state index is 12.1. The number of hydrogen-bond acceptors (Lipinski definition) is 2. The molecule has 2 rings (SSSR count). The standard InChI is InChI=1S/C13H22N2O3/c1-3-8(2)7-14-13(18)15-9-4-5-11(15)10(6-9)12(16)17/h8-11H,3-7H2,1-2H3,(H,14,18)(H,16,17). The van der Waals surface area contributed by atoms with E-state index in [0.717, 1.165) is 19.3 Å². The van der Waals surface area contributed by atoms with Crippen LogP contribution in [0, 0.1) is 11.8 Å². The van der Waals surface area contributed by atoms with Crippen LogP contribution in [-0.2, 0) is 4.79 Å². The second-order valence-electron chi connectivity index (χ2n) is 5.59. The number of carboxylic acids is 1. The topological polar surface area (TPSA) is 69.6 Å². The summed E-state index contributed by atoms with van der Waals surface area (Å²) in [7, 11) is 0. The maximum absolute atomic E-state index is 12.1. The minimum absolute atomic E-state index is 0.0773. The third kappa shape index (κ3) is 2.31. The van der Waals surface area contributed by atoms with Crippen molar-refractivity contribution in [3.8, 4) is 0 Å². The number of carboxylic acid groups (broad SMARTS) is 1. The summed E-state index contributed by atoms with van der Waals surface area (Å²) in [6.07, 6.45) is 3.44. The molecular formula is C13H22N2O3. The first kappa shape index (κ1) is 13.2. The van der Waals surface area contributed by atoms with Gasteiger partial charge in [0.25, 0.3) is 0 Å². The lowest BCUT2D eigenvalue weighted by Crippen LogP contribution is -2.45. The average molecular weight is 254 g/mol. The highest BCUT2D eigenvalue weighted by atomic mass is 16.4. The molecule has 4 unspecified atom stereocenters. The van der Waals surface area contributed by atoms with Crippen molar-refractivity contribution in [3.05, 3.63) is 0 Å². The lowest BCUT2D eigenvalue weighted by atomic mass is 9.89. The van der Waals surface area contributed by atoms with Gasteiger partial charge in [-0.2, -0.15) is 0 Å². The zero-order valence-electron chi connectivity index (χ0n) is 11.1. The molecule has 102 valence electrons. The Morgan fingerprint density at radius 2 is 2.17 bits per heavy atom. The predicted octanol–water partition coefficient (Wildman–Crippen LogP) is 1.68. The molecule has 0 aromatic carbocycles. The van der Waals surface area contributed by atoms with E-state index in [1.807, 2.05) is 0 Å². The highest BCUT2D eigenvalue weighted by molar-refractivity contribution is 5.79. The molecule has 0 saturated carbocycles. The summed E-state index contributed by atoms with van der Waals surface area (Å²) in [6, 6.07) is -0.0379. The fraction of sp³-hybridized carbons (Fsp3) is 0.846. The van der Waals surface area contributed by atoms with Crippen LogP contribution in [0.2, 0.25) is 0 Å². The molecule has 2 amide bonds. The van der Waals surface area contributed by atoms with Crippen molar-refractivity contribution in [1.82, 2.24) is 10.2 Å². The number of aliphatic carboxylic acids is 1. The van der Waals surface area contributed by atoms with E-state index in [1.54, 1.807) is 4.90 Å². The Kier molecular flexibility index (Phi) is 3.78. The minimum Gasteiger partial charge on any atom is -0.481 e. The van der Waals surface area contributed by atoms with Crippen molar-refractivity contribution in [2.75, 3.05) is 6.54 Å². The molecule has 2 N–H and O–H groups in total. The second kappa shape index (κ2) is 5.16. The summed E-state index contributed by atoms with van der Waals surface area (Å²) in [5.74, 6) is -0.662. The minimum atomic E-state index is -0.762. The van der Waals surface area contributed by atoms with Crippen molar-refractivity contribution in [3.63, 3.8) is 0 Å². The van der Waals surface area contributed by atoms with E-state index in [0.29, 0.717) is 18.9 Å². The number of fused-ring (bicyclic) bond motifs is 2. The number of carbonyl (C=O) groups is 2. The Morgan fingerprint density at radius 1 is 1.44 bits per heavy atom. The fourth-order valence-corrected chi connectivity index (χ4v) is 3.07. The van der Waals surface area contributed by atoms with E-state index < -0.39 is 5.97 Å². The first-order chi connectivity index (χ1) is 8.54. The monoisotopic (exact) mass is 254 g/mol. The van der Waals surface area contributed by atoms with Crippen LogP contribution in [0.3, 0.4) is 0 Å². The molecule has 0 aromatic heterocycles. The maximum Gasteiger partial charge on any atom is 0.317 e. The quantitative estimate of drug-likeness (QED) is 0.802. The van der Waals surface area contributed by atoms with Gasteiger partial charge in [0.15, 0.2) is 0 Å². The fourth-order valence-electron chi connectivity index (χ4n) is 3.07. The molecule has 5 nitrogen and oxygen atoms in total. The highest BCUT2D eigenvalue weighted by Gasteiger charge is 2.51. The van der Waals surface area contributed by atoms with Crippen LogP contribution in [0.15, 0.2) is 0 Å². The average Bonchev–Trinajstić information content (AvgIpc) is 2.92. The van der Waals surface area contributed by atoms with Gasteiger partial charge >= 0.3 is 12.0 Å². The van der Waals surface area contributed by atoms with E-state index in [2.05, 4.69) is 19.2 Å². The smallest absolute Gasteiger partial charge is 0.317 e. The SMILES string of the molecule is CCC(C)CNC(=O)N1C2CCC1C(C(=O)O)C2. The molecule has 2 aliphatic heterocycles. The zero-order chi connectivity index (χ0) is 13.3. The Morgan fingerprint density at radius 3 is 2.72 bits per heavy atom. The molecule has 18 heavy (non-hydrogen) atoms. The van der Waals surface area contributed by atoms with Gasteiger partial charge in [-0.3, -0.25) is 4.79 Å². The van der Waals surface area contributed by atoms with Gasteiger partial charge in [-0.05, 0) is 25.2 Å². The van der Waals surface area contributed by atoms with Gasteiger partial charge in [0, 0.05) is 18.6 Å². The van der Waals surface area contributed by atoms with Gasteiger partial charge in [0.05, 0.1) is 5.92 Å². The number of urea groups is 1. The first-order valence-electron chi connectivity index (χ1n) is 6.83. The Balaban J connectivity index is 1.93. The van der Waals surface area contributed by atoms with Crippen LogP contribution in [0.1, 0.15) is 39.5 Å². The molecule has 2 heterocycles. The molecular weight excluding hydrogens is 232 g/mol. The normalized spacial score (nSPS) is 31.4. The van der Waals surface area contributed by atoms with Gasteiger partial charge in [0.2, 0.25) is 0 Å². The van der Waals surface area contributed by atoms with E-state index in [9.17, 15) is 9.59 Å². The third-order valence-electron chi connectivity index (χ3n) is 4.39. The molecule has 5 heteroatoms. The van der Waals surface area contributed by atoms with Crippen LogP contribution < -0.4 is 5.32 Å². The summed E-state index contributed by atoms with van der Waals surface area (Å²) in [6.45, 7) is 4.86. The summed E-state index contributed by atoms with van der Waals surface area (Å²) in [5.41, 5.74) is 0. The van der Waals surface area contributed by atoms with Gasteiger partial charge in [-0.15, -0.1) is 0 Å². The van der Waals surface area contributed by atoms with Crippen molar-refractivity contribution in [2.45, 2.75) is 51.6 Å². The highest BCUT2D eigenvalue weighted by Crippen LogP contribution is 2.41. The number of carbonyl (C=O) groups excluding carboxylic acids is 1. The number of nitrogens with zero attached hydrogens (tertiary/aromatic N) is 1. The Hall–Kier alpha value is -1.26. The van der Waals surface area contributed by atoms with Crippen LogP contribution in [-0.4, -0.2) is 40.6 Å². The largest absolute Gasteiger partial charge is 0.481 e. The number of nitrogens with one attached hydrogen (secondary N) is 1. The zero-order valence-corrected chi connectivity index (χ0v) is 11.1. The molecule has 2 saturated heterocycles. The predicted molar refractivity (Wildman–Crippen MR) is 67.2 cm³/mol. The van der Waals surface area contributed by atoms with E-state index in [4.69, 9.17) is 5.11 Å². The molecule has 2 bridgehead atoms. The molecule has 2 aliphatic rings. The Labute approximate surface area is 108 Å². The summed E-state index contributed by atoms with van der Waals surface area (Å²) in [5, 5.41) is 12.1. The molecule has 0 aliphatic carbocycles. The molecule has 4 atom stereocenters. The van der Waals surface area contributed by atoms with Crippen LogP contribution in [0.5, 0.6) is 0 Å². The molecule has 2 fully saturated rings. The van der Waals surface area contributed by atoms with E-state index in [-0.39, 0.29) is 24.0 Å². The second-order valence-corrected chi connectivity index (χ2v) is 5.59. The summed E-state index contributed by atoms with van der Waals surface area (Å²) in [4.78, 5) is 25.0. The molecule has 0 aromatic rings. The van der Waals surface area contributed by atoms with E-state index >= 15 is 0 Å². The Bertz CT molecular complexity index is 345. The van der Waals surface area contributed by atoms with Crippen LogP contribution in [0.25, 0.3) is 0 Å². The van der Waals surface area contributed by atoms with Gasteiger partial charge in [0.1, 0.15) is 0 Å². The summed E-state index contributed by atoms with van der Waals surface area (Å²) < 4.78 is 0. The van der Waals surface area contributed by atoms with Crippen LogP contribution >= 0.6 is 0 Å². The van der Waals surface area contributed by atoms with Crippen LogP contribution in [0.4, 0.5) is 4.79 Å². The summed E-state index contributed by atoms with van der Waals surface area (Å²) >= 11 is 0. The lowest BCUT2D eigenvalue weighted by Gasteiger charge is -2.24. The van der Waals surface area contributed by atoms with Crippen molar-refractivity contribution in [2.24, 2.45) is 11.8 Å². The van der Waals surface area contributed by atoms with Crippen molar-refractivity contribution in [1.29, 1.82) is 0 Å².